The first kappa shape index (κ1) is 26.6. The maximum atomic E-state index is 13.7. The van der Waals surface area contributed by atoms with Crippen molar-refractivity contribution < 1.29 is 22.6 Å². The molecule has 206 valence electrons. The molecule has 4 aromatic rings. The molecule has 2 atom stereocenters. The van der Waals surface area contributed by atoms with Crippen LogP contribution in [0.2, 0.25) is 0 Å². The van der Waals surface area contributed by atoms with Gasteiger partial charge in [-0.05, 0) is 44.4 Å². The summed E-state index contributed by atoms with van der Waals surface area (Å²) in [5, 5.41) is 12.1. The zero-order valence-electron chi connectivity index (χ0n) is 22.3. The first-order valence-corrected chi connectivity index (χ1v) is 13.9. The molecule has 1 aliphatic rings. The van der Waals surface area contributed by atoms with Crippen molar-refractivity contribution in [2.45, 2.75) is 44.6 Å². The van der Waals surface area contributed by atoms with Gasteiger partial charge in [-0.25, -0.2) is 18.4 Å². The first-order chi connectivity index (χ1) is 18.8. The van der Waals surface area contributed by atoms with E-state index in [1.165, 1.54) is 28.3 Å². The van der Waals surface area contributed by atoms with Gasteiger partial charge in [-0.3, -0.25) is 14.0 Å². The van der Waals surface area contributed by atoms with Gasteiger partial charge >= 0.3 is 0 Å². The normalized spacial score (nSPS) is 14.6. The average Bonchev–Trinajstić information content (AvgIpc) is 3.66. The van der Waals surface area contributed by atoms with Crippen LogP contribution in [0.5, 0.6) is 11.5 Å². The van der Waals surface area contributed by atoms with E-state index in [-0.39, 0.29) is 11.8 Å². The summed E-state index contributed by atoms with van der Waals surface area (Å²) < 4.78 is 50.4. The summed E-state index contributed by atoms with van der Waals surface area (Å²) in [6, 6.07) is 5.28. The summed E-state index contributed by atoms with van der Waals surface area (Å²) in [6.07, 6.45) is 5.78. The van der Waals surface area contributed by atoms with E-state index in [4.69, 9.17) is 14.2 Å². The Morgan fingerprint density at radius 2 is 1.72 bits per heavy atom. The molecule has 3 aromatic heterocycles. The average molecular weight is 555 g/mol. The Kier molecular flexibility index (Phi) is 7.23. The lowest BCUT2D eigenvalue weighted by molar-refractivity contribution is 0.0949. The highest BCUT2D eigenvalue weighted by Crippen LogP contribution is 2.39. The van der Waals surface area contributed by atoms with Crippen molar-refractivity contribution in [2.24, 2.45) is 0 Å². The fourth-order valence-electron chi connectivity index (χ4n) is 4.68. The van der Waals surface area contributed by atoms with Gasteiger partial charge in [-0.2, -0.15) is 5.10 Å². The van der Waals surface area contributed by atoms with Crippen molar-refractivity contribution in [1.82, 2.24) is 34.5 Å². The summed E-state index contributed by atoms with van der Waals surface area (Å²) in [4.78, 5) is 8.54. The molecule has 4 heterocycles. The topological polar surface area (TPSA) is 148 Å². The molecule has 1 N–H and O–H groups in total. The van der Waals surface area contributed by atoms with E-state index < -0.39 is 21.4 Å². The molecule has 0 saturated carbocycles. The maximum Gasteiger partial charge on any atom is 0.243 e. The number of fused-ring (bicyclic) bond motifs is 1. The van der Waals surface area contributed by atoms with Crippen LogP contribution in [0.1, 0.15) is 36.5 Å². The van der Waals surface area contributed by atoms with E-state index in [9.17, 15) is 8.42 Å². The number of benzene rings is 1. The minimum atomic E-state index is -4.10. The smallest absolute Gasteiger partial charge is 0.243 e. The number of ether oxygens (including phenoxy) is 3. The molecule has 13 nitrogen and oxygen atoms in total. The summed E-state index contributed by atoms with van der Waals surface area (Å²) in [6.45, 7) is 4.17. The van der Waals surface area contributed by atoms with Gasteiger partial charge in [0.15, 0.2) is 11.6 Å². The van der Waals surface area contributed by atoms with Crippen molar-refractivity contribution in [3.8, 4) is 28.6 Å². The summed E-state index contributed by atoms with van der Waals surface area (Å²) >= 11 is 0. The van der Waals surface area contributed by atoms with Crippen molar-refractivity contribution >= 4 is 16.0 Å². The monoisotopic (exact) mass is 554 g/mol. The van der Waals surface area contributed by atoms with E-state index in [1.807, 2.05) is 11.6 Å². The lowest BCUT2D eigenvalue weighted by Gasteiger charge is -2.23. The Morgan fingerprint density at radius 1 is 1.03 bits per heavy atom. The number of anilines is 1. The Morgan fingerprint density at radius 3 is 2.36 bits per heavy atom. The Balaban J connectivity index is 1.62. The van der Waals surface area contributed by atoms with Gasteiger partial charge in [0, 0.05) is 31.7 Å². The minimum absolute atomic E-state index is 0.0442. The summed E-state index contributed by atoms with van der Waals surface area (Å²) in [5.41, 5.74) is 3.03. The molecule has 14 heteroatoms. The SMILES string of the molecule is COc1cccc(OC)c1-n1c(NS(=O)(=O)[C@@H](C)[C@H](OC)c2ncc(C)cn2)nnc1-c1cnn2c1CCC2. The third-order valence-corrected chi connectivity index (χ3v) is 8.41. The molecule has 1 aliphatic heterocycles. The van der Waals surface area contributed by atoms with Crippen LogP contribution in [0.15, 0.2) is 36.8 Å². The third-order valence-electron chi connectivity index (χ3n) is 6.72. The number of hydrogen-bond acceptors (Lipinski definition) is 10. The van der Waals surface area contributed by atoms with Gasteiger partial charge in [-0.15, -0.1) is 10.2 Å². The molecule has 0 aliphatic carbocycles. The van der Waals surface area contributed by atoms with Gasteiger partial charge in [0.1, 0.15) is 28.5 Å². The predicted molar refractivity (Wildman–Crippen MR) is 143 cm³/mol. The predicted octanol–water partition coefficient (Wildman–Crippen LogP) is 2.71. The number of para-hydroxylation sites is 1. The number of hydrogen-bond donors (Lipinski definition) is 1. The summed E-state index contributed by atoms with van der Waals surface area (Å²) in [5.74, 6) is 1.49. The Labute approximate surface area is 226 Å². The zero-order chi connectivity index (χ0) is 27.7. The zero-order valence-corrected chi connectivity index (χ0v) is 23.1. The second-order valence-electron chi connectivity index (χ2n) is 9.15. The number of aryl methyl sites for hydroxylation is 2. The molecule has 0 bridgehead atoms. The fourth-order valence-corrected chi connectivity index (χ4v) is 5.81. The second kappa shape index (κ2) is 10.6. The number of rotatable bonds is 10. The second-order valence-corrected chi connectivity index (χ2v) is 11.2. The Bertz CT molecular complexity index is 1560. The highest BCUT2D eigenvalue weighted by Gasteiger charge is 2.35. The van der Waals surface area contributed by atoms with Gasteiger partial charge in [0.2, 0.25) is 16.0 Å². The molecule has 5 rings (SSSR count). The van der Waals surface area contributed by atoms with Crippen molar-refractivity contribution in [2.75, 3.05) is 26.1 Å². The lowest BCUT2D eigenvalue weighted by atomic mass is 10.1. The molecular formula is C25H30N8O5S. The lowest BCUT2D eigenvalue weighted by Crippen LogP contribution is -2.33. The maximum absolute atomic E-state index is 13.7. The molecule has 0 amide bonds. The van der Waals surface area contributed by atoms with E-state index >= 15 is 0 Å². The number of nitrogens with one attached hydrogen (secondary N) is 1. The number of nitrogens with zero attached hydrogens (tertiary/aromatic N) is 7. The fraction of sp³-hybridized carbons (Fsp3) is 0.400. The molecule has 0 saturated heterocycles. The van der Waals surface area contributed by atoms with Crippen LogP contribution in [0.25, 0.3) is 17.1 Å². The van der Waals surface area contributed by atoms with Crippen molar-refractivity contribution in [3.63, 3.8) is 0 Å². The van der Waals surface area contributed by atoms with Crippen LogP contribution in [0.3, 0.4) is 0 Å². The van der Waals surface area contributed by atoms with Crippen LogP contribution in [0, 0.1) is 6.92 Å². The van der Waals surface area contributed by atoms with Crippen LogP contribution in [-0.2, 0) is 27.7 Å². The molecule has 0 radical (unpaired) electrons. The summed E-state index contributed by atoms with van der Waals surface area (Å²) in [7, 11) is 0.366. The quantitative estimate of drug-likeness (QED) is 0.310. The molecule has 0 spiro atoms. The highest BCUT2D eigenvalue weighted by atomic mass is 32.2. The molecule has 0 unspecified atom stereocenters. The Hall–Kier alpha value is -4.04. The van der Waals surface area contributed by atoms with E-state index in [2.05, 4.69) is 30.0 Å². The van der Waals surface area contributed by atoms with E-state index in [1.54, 1.807) is 41.4 Å². The van der Waals surface area contributed by atoms with Gasteiger partial charge in [0.05, 0.1) is 26.0 Å². The molecular weight excluding hydrogens is 524 g/mol. The molecule has 39 heavy (non-hydrogen) atoms. The standard InChI is InChI=1S/C25H30N8O5S/c1-15-12-26-23(27-13-15)22(38-5)16(2)39(34,35)31-25-30-29-24(17-14-28-32-11-7-8-18(17)32)33(25)21-19(36-3)9-6-10-20(21)37-4/h6,9-10,12-14,16,22H,7-8,11H2,1-5H3,(H,30,31)/t16-,22-/m0/s1. The number of aromatic nitrogens is 7. The molecule has 0 fully saturated rings. The van der Waals surface area contributed by atoms with Crippen LogP contribution in [-0.4, -0.2) is 69.5 Å². The van der Waals surface area contributed by atoms with Crippen molar-refractivity contribution in [1.29, 1.82) is 0 Å². The highest BCUT2D eigenvalue weighted by molar-refractivity contribution is 7.93. The first-order valence-electron chi connectivity index (χ1n) is 12.3. The van der Waals surface area contributed by atoms with Gasteiger partial charge in [0.25, 0.3) is 0 Å². The number of methoxy groups -OCH3 is 3. The van der Waals surface area contributed by atoms with Crippen molar-refractivity contribution in [3.05, 3.63) is 53.9 Å². The van der Waals surface area contributed by atoms with Gasteiger partial charge in [-0.1, -0.05) is 6.07 Å². The van der Waals surface area contributed by atoms with Crippen LogP contribution in [0.4, 0.5) is 5.95 Å². The number of sulfonamides is 1. The van der Waals surface area contributed by atoms with Gasteiger partial charge < -0.3 is 14.2 Å². The van der Waals surface area contributed by atoms with Crippen LogP contribution >= 0.6 is 0 Å². The molecule has 1 aromatic carbocycles. The van der Waals surface area contributed by atoms with E-state index in [0.717, 1.165) is 36.2 Å². The largest absolute Gasteiger partial charge is 0.494 e. The van der Waals surface area contributed by atoms with E-state index in [0.29, 0.717) is 23.0 Å². The van der Waals surface area contributed by atoms with Crippen LogP contribution < -0.4 is 14.2 Å². The third kappa shape index (κ3) is 4.81. The minimum Gasteiger partial charge on any atom is -0.494 e.